The van der Waals surface area contributed by atoms with E-state index in [4.69, 9.17) is 9.72 Å². The van der Waals surface area contributed by atoms with E-state index in [0.717, 1.165) is 17.5 Å². The Bertz CT molecular complexity index is 1270. The van der Waals surface area contributed by atoms with Crippen molar-refractivity contribution in [3.63, 3.8) is 0 Å². The Morgan fingerprint density at radius 1 is 1.21 bits per heavy atom. The van der Waals surface area contributed by atoms with Crippen LogP contribution in [0.15, 0.2) is 64.8 Å². The summed E-state index contributed by atoms with van der Waals surface area (Å²) in [5.74, 6) is 0.555. The highest BCUT2D eigenvalue weighted by Gasteiger charge is 2.14. The number of fused-ring (bicyclic) bond motifs is 2. The van der Waals surface area contributed by atoms with Crippen molar-refractivity contribution in [2.45, 2.75) is 23.9 Å². The van der Waals surface area contributed by atoms with Crippen LogP contribution in [-0.4, -0.2) is 27.7 Å². The van der Waals surface area contributed by atoms with Gasteiger partial charge in [-0.05, 0) is 36.2 Å². The van der Waals surface area contributed by atoms with Crippen LogP contribution in [0.2, 0.25) is 0 Å². The highest BCUT2D eigenvalue weighted by Crippen LogP contribution is 2.27. The fourth-order valence-corrected chi connectivity index (χ4v) is 4.38. The maximum absolute atomic E-state index is 13.0. The molecule has 0 bridgehead atoms. The summed E-state index contributed by atoms with van der Waals surface area (Å²) in [4.78, 5) is 17.8. The van der Waals surface area contributed by atoms with Gasteiger partial charge in [-0.1, -0.05) is 30.0 Å². The molecule has 1 aromatic carbocycles. The smallest absolute Gasteiger partial charge is 0.262 e. The molecule has 0 saturated heterocycles. The molecular weight excluding hydrogens is 384 g/mol. The Balaban J connectivity index is 1.71. The van der Waals surface area contributed by atoms with E-state index in [1.807, 2.05) is 53.2 Å². The first-order valence-electron chi connectivity index (χ1n) is 9.33. The number of hydrogen-bond donors (Lipinski definition) is 0. The highest BCUT2D eigenvalue weighted by molar-refractivity contribution is 7.98. The lowest BCUT2D eigenvalue weighted by Gasteiger charge is -2.12. The van der Waals surface area contributed by atoms with Gasteiger partial charge < -0.3 is 9.14 Å². The molecule has 0 radical (unpaired) electrons. The van der Waals surface area contributed by atoms with E-state index in [2.05, 4.69) is 6.07 Å². The van der Waals surface area contributed by atoms with Crippen LogP contribution in [0.5, 0.6) is 0 Å². The Morgan fingerprint density at radius 3 is 2.86 bits per heavy atom. The van der Waals surface area contributed by atoms with Gasteiger partial charge in [0.05, 0.1) is 22.0 Å². The lowest BCUT2D eigenvalue weighted by atomic mass is 10.2. The van der Waals surface area contributed by atoms with Crippen LogP contribution in [-0.2, 0) is 17.0 Å². The summed E-state index contributed by atoms with van der Waals surface area (Å²) in [6.45, 7) is 1.11. The van der Waals surface area contributed by atoms with E-state index in [1.165, 1.54) is 11.8 Å². The lowest BCUT2D eigenvalue weighted by molar-refractivity contribution is 0.189. The number of benzene rings is 1. The zero-order valence-corrected chi connectivity index (χ0v) is 16.9. The molecule has 0 saturated carbocycles. The van der Waals surface area contributed by atoms with Crippen LogP contribution < -0.4 is 5.56 Å². The predicted molar refractivity (Wildman–Crippen MR) is 114 cm³/mol. The summed E-state index contributed by atoms with van der Waals surface area (Å²) in [5.41, 5.74) is 3.11. The van der Waals surface area contributed by atoms with E-state index in [1.54, 1.807) is 17.7 Å². The number of aromatic nitrogens is 3. The molecule has 0 fully saturated rings. The molecule has 0 aliphatic rings. The molecule has 4 aromatic rings. The number of rotatable bonds is 7. The fourth-order valence-electron chi connectivity index (χ4n) is 3.38. The average Bonchev–Trinajstić information content (AvgIpc) is 3.11. The first-order chi connectivity index (χ1) is 14.2. The number of ether oxygens (including phenoxy) is 1. The van der Waals surface area contributed by atoms with Gasteiger partial charge in [0.25, 0.3) is 5.56 Å². The van der Waals surface area contributed by atoms with E-state index in [9.17, 15) is 10.1 Å². The molecule has 6 nitrogen and oxygen atoms in total. The predicted octanol–water partition coefficient (Wildman–Crippen LogP) is 3.85. The zero-order valence-electron chi connectivity index (χ0n) is 16.0. The molecule has 0 aliphatic carbocycles. The van der Waals surface area contributed by atoms with Gasteiger partial charge in [0.1, 0.15) is 6.07 Å². The minimum absolute atomic E-state index is 0.0447. The van der Waals surface area contributed by atoms with Crippen molar-refractivity contribution in [3.05, 3.63) is 76.3 Å². The highest BCUT2D eigenvalue weighted by atomic mass is 32.2. The first kappa shape index (κ1) is 19.2. The number of methoxy groups -OCH3 is 1. The van der Waals surface area contributed by atoms with Crippen molar-refractivity contribution in [2.24, 2.45) is 0 Å². The Hall–Kier alpha value is -3.08. The van der Waals surface area contributed by atoms with Gasteiger partial charge in [0.15, 0.2) is 5.16 Å². The van der Waals surface area contributed by atoms with Gasteiger partial charge >= 0.3 is 0 Å². The first-order valence-corrected chi connectivity index (χ1v) is 10.3. The van der Waals surface area contributed by atoms with Crippen LogP contribution in [0.4, 0.5) is 0 Å². The summed E-state index contributed by atoms with van der Waals surface area (Å²) in [7, 11) is 1.65. The third kappa shape index (κ3) is 3.77. The standard InChI is InChI=1S/C22H20N4O2S/c1-28-12-6-11-26-21(27)17-7-2-3-8-19(17)24-22(26)29-15-16-14-25-10-5-4-9-20(25)18(16)13-23/h2-5,7-10,14H,6,11-12,15H2,1H3. The van der Waals surface area contributed by atoms with Crippen molar-refractivity contribution < 1.29 is 4.74 Å². The molecule has 7 heteroatoms. The molecule has 29 heavy (non-hydrogen) atoms. The lowest BCUT2D eigenvalue weighted by Crippen LogP contribution is -2.24. The monoisotopic (exact) mass is 404 g/mol. The van der Waals surface area contributed by atoms with Crippen molar-refractivity contribution >= 4 is 28.2 Å². The second-order valence-electron chi connectivity index (χ2n) is 6.64. The number of pyridine rings is 1. The van der Waals surface area contributed by atoms with Crippen LogP contribution in [0.3, 0.4) is 0 Å². The minimum Gasteiger partial charge on any atom is -0.385 e. The number of hydrogen-bond acceptors (Lipinski definition) is 5. The third-order valence-corrected chi connectivity index (χ3v) is 5.81. The molecule has 146 valence electrons. The molecule has 3 heterocycles. The normalized spacial score (nSPS) is 11.2. The maximum atomic E-state index is 13.0. The number of para-hydroxylation sites is 1. The molecule has 0 amide bonds. The fraction of sp³-hybridized carbons (Fsp3) is 0.227. The molecule has 4 rings (SSSR count). The zero-order chi connectivity index (χ0) is 20.2. The van der Waals surface area contributed by atoms with E-state index in [-0.39, 0.29) is 5.56 Å². The third-order valence-electron chi connectivity index (χ3n) is 4.79. The van der Waals surface area contributed by atoms with Crippen LogP contribution in [0.25, 0.3) is 16.4 Å². The molecule has 3 aromatic heterocycles. The average molecular weight is 404 g/mol. The van der Waals surface area contributed by atoms with Crippen molar-refractivity contribution in [1.29, 1.82) is 5.26 Å². The van der Waals surface area contributed by atoms with Gasteiger partial charge in [-0.15, -0.1) is 0 Å². The molecule has 0 N–H and O–H groups in total. The van der Waals surface area contributed by atoms with Crippen molar-refractivity contribution in [2.75, 3.05) is 13.7 Å². The SMILES string of the molecule is COCCCn1c(SCc2cn3ccccc3c2C#N)nc2ccccc2c1=O. The molecular formula is C22H20N4O2S. The molecule has 0 atom stereocenters. The largest absolute Gasteiger partial charge is 0.385 e. The summed E-state index contributed by atoms with van der Waals surface area (Å²) < 4.78 is 8.81. The van der Waals surface area contributed by atoms with Crippen LogP contribution >= 0.6 is 11.8 Å². The summed E-state index contributed by atoms with van der Waals surface area (Å²) in [5, 5.41) is 10.9. The minimum atomic E-state index is -0.0447. The van der Waals surface area contributed by atoms with E-state index >= 15 is 0 Å². The van der Waals surface area contributed by atoms with Gasteiger partial charge in [-0.2, -0.15) is 5.26 Å². The van der Waals surface area contributed by atoms with Crippen LogP contribution in [0, 0.1) is 11.3 Å². The van der Waals surface area contributed by atoms with Crippen molar-refractivity contribution in [3.8, 4) is 6.07 Å². The second-order valence-corrected chi connectivity index (χ2v) is 7.58. The van der Waals surface area contributed by atoms with E-state index < -0.39 is 0 Å². The quantitative estimate of drug-likeness (QED) is 0.266. The van der Waals surface area contributed by atoms with E-state index in [0.29, 0.717) is 40.5 Å². The molecule has 0 unspecified atom stereocenters. The number of nitrogens with zero attached hydrogens (tertiary/aromatic N) is 4. The topological polar surface area (TPSA) is 72.3 Å². The second kappa shape index (κ2) is 8.52. The summed E-state index contributed by atoms with van der Waals surface area (Å²) in [6, 6.07) is 15.5. The van der Waals surface area contributed by atoms with Crippen LogP contribution in [0.1, 0.15) is 17.5 Å². The summed E-state index contributed by atoms with van der Waals surface area (Å²) in [6.07, 6.45) is 4.62. The maximum Gasteiger partial charge on any atom is 0.262 e. The van der Waals surface area contributed by atoms with Gasteiger partial charge in [0, 0.05) is 38.4 Å². The Labute approximate surface area is 172 Å². The number of thioether (sulfide) groups is 1. The van der Waals surface area contributed by atoms with Crippen molar-refractivity contribution in [1.82, 2.24) is 14.0 Å². The van der Waals surface area contributed by atoms with Gasteiger partial charge in [0.2, 0.25) is 0 Å². The summed E-state index contributed by atoms with van der Waals surface area (Å²) >= 11 is 1.48. The molecule has 0 spiro atoms. The van der Waals surface area contributed by atoms with Gasteiger partial charge in [-0.3, -0.25) is 9.36 Å². The van der Waals surface area contributed by atoms with Gasteiger partial charge in [-0.25, -0.2) is 4.98 Å². The Kier molecular flexibility index (Phi) is 5.65. The number of nitriles is 1. The molecule has 0 aliphatic heterocycles. The Morgan fingerprint density at radius 2 is 2.03 bits per heavy atom.